The minimum absolute atomic E-state index is 0.271. The molecule has 130 valence electrons. The predicted octanol–water partition coefficient (Wildman–Crippen LogP) is 3.11. The second-order valence-corrected chi connectivity index (χ2v) is 8.26. The summed E-state index contributed by atoms with van der Waals surface area (Å²) in [6.45, 7) is 3.84. The summed E-state index contributed by atoms with van der Waals surface area (Å²) in [6, 6.07) is 17.7. The SMILES string of the molecule is CN1c2ccccc2C(c2ccccc2)=N/C(=N\S(C)(=O)=O)C1(C)C. The van der Waals surface area contributed by atoms with E-state index in [0.29, 0.717) is 0 Å². The summed E-state index contributed by atoms with van der Waals surface area (Å²) >= 11 is 0. The molecule has 0 spiro atoms. The highest BCUT2D eigenvalue weighted by molar-refractivity contribution is 7.89. The summed E-state index contributed by atoms with van der Waals surface area (Å²) in [5.74, 6) is 0.271. The number of aliphatic imine (C=N–C) groups is 1. The van der Waals surface area contributed by atoms with Gasteiger partial charge in [-0.25, -0.2) is 13.4 Å². The van der Waals surface area contributed by atoms with Crippen LogP contribution in [0.2, 0.25) is 0 Å². The van der Waals surface area contributed by atoms with Gasteiger partial charge in [0.1, 0.15) is 0 Å². The fraction of sp³-hybridized carbons (Fsp3) is 0.263. The molecule has 25 heavy (non-hydrogen) atoms. The molecule has 5 nitrogen and oxygen atoms in total. The zero-order chi connectivity index (χ0) is 18.2. The van der Waals surface area contributed by atoms with E-state index in [1.807, 2.05) is 80.4 Å². The molecule has 2 aromatic carbocycles. The maximum Gasteiger partial charge on any atom is 0.252 e. The Bertz CT molecular complexity index is 961. The highest BCUT2D eigenvalue weighted by Crippen LogP contribution is 2.33. The maximum atomic E-state index is 11.8. The summed E-state index contributed by atoms with van der Waals surface area (Å²) in [5, 5.41) is 0. The first-order valence-corrected chi connectivity index (χ1v) is 9.83. The summed E-state index contributed by atoms with van der Waals surface area (Å²) in [6.07, 6.45) is 1.09. The van der Waals surface area contributed by atoms with Crippen molar-refractivity contribution in [3.63, 3.8) is 0 Å². The molecule has 0 saturated carbocycles. The number of anilines is 1. The van der Waals surface area contributed by atoms with Crippen LogP contribution in [-0.4, -0.2) is 38.8 Å². The van der Waals surface area contributed by atoms with Crippen LogP contribution in [0.25, 0.3) is 0 Å². The summed E-state index contributed by atoms with van der Waals surface area (Å²) < 4.78 is 27.6. The fourth-order valence-corrected chi connectivity index (χ4v) is 3.40. The highest BCUT2D eigenvalue weighted by atomic mass is 32.2. The number of sulfonamides is 1. The van der Waals surface area contributed by atoms with Crippen molar-refractivity contribution in [1.29, 1.82) is 0 Å². The van der Waals surface area contributed by atoms with E-state index in [1.165, 1.54) is 0 Å². The van der Waals surface area contributed by atoms with Gasteiger partial charge in [-0.1, -0.05) is 48.5 Å². The lowest BCUT2D eigenvalue weighted by atomic mass is 9.99. The zero-order valence-corrected chi connectivity index (χ0v) is 15.6. The number of likely N-dealkylation sites (N-methyl/N-ethyl adjacent to an activating group) is 1. The number of hydrogen-bond donors (Lipinski definition) is 0. The monoisotopic (exact) mass is 355 g/mol. The van der Waals surface area contributed by atoms with Crippen molar-refractivity contribution in [2.75, 3.05) is 18.2 Å². The first-order chi connectivity index (χ1) is 11.7. The molecule has 6 heteroatoms. The molecule has 0 aromatic heterocycles. The first kappa shape index (κ1) is 17.4. The van der Waals surface area contributed by atoms with Gasteiger partial charge in [0.2, 0.25) is 0 Å². The molecular formula is C19H21N3O2S. The smallest absolute Gasteiger partial charge is 0.252 e. The summed E-state index contributed by atoms with van der Waals surface area (Å²) in [7, 11) is -1.64. The zero-order valence-electron chi connectivity index (χ0n) is 14.8. The van der Waals surface area contributed by atoms with Crippen LogP contribution in [0.15, 0.2) is 64.0 Å². The van der Waals surface area contributed by atoms with E-state index < -0.39 is 15.6 Å². The Morgan fingerprint density at radius 3 is 2.24 bits per heavy atom. The molecule has 3 rings (SSSR count). The molecule has 0 N–H and O–H groups in total. The molecular weight excluding hydrogens is 334 g/mol. The van der Waals surface area contributed by atoms with Gasteiger partial charge in [0.15, 0.2) is 5.84 Å². The normalized spacial score (nSPS) is 18.5. The lowest BCUT2D eigenvalue weighted by Gasteiger charge is -2.35. The molecule has 0 amide bonds. The third-order valence-electron chi connectivity index (χ3n) is 4.42. The van der Waals surface area contributed by atoms with Crippen LogP contribution in [0.4, 0.5) is 5.69 Å². The van der Waals surface area contributed by atoms with Gasteiger partial charge >= 0.3 is 0 Å². The number of fused-ring (bicyclic) bond motifs is 1. The minimum atomic E-state index is -3.57. The number of para-hydroxylation sites is 1. The van der Waals surface area contributed by atoms with Crippen molar-refractivity contribution < 1.29 is 8.42 Å². The van der Waals surface area contributed by atoms with Crippen LogP contribution in [-0.2, 0) is 10.0 Å². The Morgan fingerprint density at radius 1 is 1.00 bits per heavy atom. The van der Waals surface area contributed by atoms with Gasteiger partial charge in [0, 0.05) is 23.9 Å². The number of nitrogens with zero attached hydrogens (tertiary/aromatic N) is 3. The predicted molar refractivity (Wildman–Crippen MR) is 103 cm³/mol. The van der Waals surface area contributed by atoms with Crippen LogP contribution < -0.4 is 4.90 Å². The average Bonchev–Trinajstić information content (AvgIpc) is 2.64. The fourth-order valence-electron chi connectivity index (χ4n) is 2.83. The minimum Gasteiger partial charge on any atom is -0.362 e. The largest absolute Gasteiger partial charge is 0.362 e. The summed E-state index contributed by atoms with van der Waals surface area (Å²) in [5.41, 5.74) is 2.88. The quantitative estimate of drug-likeness (QED) is 0.831. The number of amidine groups is 1. The van der Waals surface area contributed by atoms with Crippen molar-refractivity contribution in [2.24, 2.45) is 9.39 Å². The Labute approximate surface area is 148 Å². The Hall–Kier alpha value is -2.47. The van der Waals surface area contributed by atoms with Crippen LogP contribution >= 0.6 is 0 Å². The van der Waals surface area contributed by atoms with Gasteiger partial charge < -0.3 is 4.90 Å². The third-order valence-corrected chi connectivity index (χ3v) is 4.93. The van der Waals surface area contributed by atoms with Crippen molar-refractivity contribution in [3.8, 4) is 0 Å². The van der Waals surface area contributed by atoms with Gasteiger partial charge in [0.25, 0.3) is 10.0 Å². The second-order valence-electron chi connectivity index (χ2n) is 6.61. The van der Waals surface area contributed by atoms with E-state index in [9.17, 15) is 8.42 Å². The van der Waals surface area contributed by atoms with Crippen LogP contribution in [0.3, 0.4) is 0 Å². The standard InChI is InChI=1S/C19H21N3O2S/c1-19(2)18(21-25(4,23)24)20-17(14-10-6-5-7-11-14)15-12-8-9-13-16(15)22(19)3/h5-13H,1-4H3/b21-18-. The highest BCUT2D eigenvalue weighted by Gasteiger charge is 2.36. The van der Waals surface area contributed by atoms with Crippen molar-refractivity contribution in [3.05, 3.63) is 65.7 Å². The van der Waals surface area contributed by atoms with Crippen molar-refractivity contribution >= 4 is 27.3 Å². The summed E-state index contributed by atoms with van der Waals surface area (Å²) in [4.78, 5) is 6.74. The van der Waals surface area contributed by atoms with Crippen molar-refractivity contribution in [1.82, 2.24) is 0 Å². The number of benzodiazepines with no additional fused rings is 1. The second kappa shape index (κ2) is 6.11. The van der Waals surface area contributed by atoms with Gasteiger partial charge in [-0.3, -0.25) is 0 Å². The molecule has 1 aliphatic heterocycles. The first-order valence-electron chi connectivity index (χ1n) is 7.98. The van der Waals surface area contributed by atoms with Gasteiger partial charge in [-0.2, -0.15) is 0 Å². The molecule has 0 radical (unpaired) electrons. The average molecular weight is 355 g/mol. The molecule has 0 atom stereocenters. The number of benzene rings is 2. The topological polar surface area (TPSA) is 62.1 Å². The maximum absolute atomic E-state index is 11.8. The molecule has 0 unspecified atom stereocenters. The molecule has 1 heterocycles. The molecule has 0 fully saturated rings. The number of rotatable bonds is 2. The van der Waals surface area contributed by atoms with E-state index in [-0.39, 0.29) is 5.84 Å². The molecule has 0 saturated heterocycles. The lowest BCUT2D eigenvalue weighted by molar-refractivity contribution is 0.600. The van der Waals surface area contributed by atoms with E-state index in [2.05, 4.69) is 4.40 Å². The third kappa shape index (κ3) is 3.35. The van der Waals surface area contributed by atoms with Gasteiger partial charge in [0.05, 0.1) is 17.5 Å². The molecule has 0 aliphatic carbocycles. The van der Waals surface area contributed by atoms with Crippen LogP contribution in [0, 0.1) is 0 Å². The van der Waals surface area contributed by atoms with E-state index >= 15 is 0 Å². The van der Waals surface area contributed by atoms with Crippen LogP contribution in [0.5, 0.6) is 0 Å². The van der Waals surface area contributed by atoms with Crippen LogP contribution in [0.1, 0.15) is 25.0 Å². The number of hydrogen-bond acceptors (Lipinski definition) is 3. The molecule has 0 bridgehead atoms. The Morgan fingerprint density at radius 2 is 1.60 bits per heavy atom. The van der Waals surface area contributed by atoms with E-state index in [0.717, 1.165) is 28.8 Å². The Kier molecular flexibility index (Phi) is 4.24. The van der Waals surface area contributed by atoms with Gasteiger partial charge in [-0.05, 0) is 19.9 Å². The molecule has 1 aliphatic rings. The lowest BCUT2D eigenvalue weighted by Crippen LogP contribution is -2.47. The Balaban J connectivity index is 2.36. The molecule has 2 aromatic rings. The van der Waals surface area contributed by atoms with E-state index in [1.54, 1.807) is 0 Å². The van der Waals surface area contributed by atoms with E-state index in [4.69, 9.17) is 4.99 Å². The van der Waals surface area contributed by atoms with Gasteiger partial charge in [-0.15, -0.1) is 4.40 Å². The van der Waals surface area contributed by atoms with Crippen molar-refractivity contribution in [2.45, 2.75) is 19.4 Å².